The highest BCUT2D eigenvalue weighted by Gasteiger charge is 2.54. The number of ether oxygens (including phenoxy) is 7. The lowest BCUT2D eigenvalue weighted by Gasteiger charge is -2.48. The van der Waals surface area contributed by atoms with Gasteiger partial charge in [0.1, 0.15) is 29.2 Å². The van der Waals surface area contributed by atoms with E-state index < -0.39 is 95.6 Å². The van der Waals surface area contributed by atoms with Crippen LogP contribution >= 0.6 is 0 Å². The molecule has 3 rings (SSSR count). The molecule has 14 heteroatoms. The van der Waals surface area contributed by atoms with Crippen molar-refractivity contribution in [3.63, 3.8) is 0 Å². The monoisotopic (exact) mass is 743 g/mol. The zero-order chi connectivity index (χ0) is 39.7. The summed E-state index contributed by atoms with van der Waals surface area (Å²) in [5, 5.41) is 23.0. The number of rotatable bonds is 8. The third kappa shape index (κ3) is 9.14. The maximum Gasteiger partial charge on any atom is 0.311 e. The van der Waals surface area contributed by atoms with E-state index in [1.165, 1.54) is 28.1 Å². The predicted molar refractivity (Wildman–Crippen MR) is 189 cm³/mol. The number of cyclic esters (lactones) is 1. The van der Waals surface area contributed by atoms with Crippen LogP contribution in [0.3, 0.4) is 0 Å². The average Bonchev–Trinajstić information content (AvgIpc) is 3.09. The number of aliphatic hydroxyl groups is 2. The van der Waals surface area contributed by atoms with E-state index in [-0.39, 0.29) is 42.7 Å². The summed E-state index contributed by atoms with van der Waals surface area (Å²) in [6.45, 7) is 16.6. The molecule has 0 bridgehead atoms. The SMILES string of the molecule is CCC1OC(=O)C(C)C(OC2CC(C)(OC)C(=O)C(C)O2)C(C)C(OC2OC(C)CC(N(C)C)C2=O)C(C)(OC)CC(C)C(=O)C(C)C(O)C1(C)O. The highest BCUT2D eigenvalue weighted by atomic mass is 16.7. The summed E-state index contributed by atoms with van der Waals surface area (Å²) in [6, 6.07) is -0.486. The first-order chi connectivity index (χ1) is 24.0. The molecule has 2 N–H and O–H groups in total. The molecule has 0 radical (unpaired) electrons. The third-order valence-electron chi connectivity index (χ3n) is 11.9. The second-order valence-corrected chi connectivity index (χ2v) is 16.2. The summed E-state index contributed by atoms with van der Waals surface area (Å²) in [5.74, 6) is -5.24. The molecule has 52 heavy (non-hydrogen) atoms. The van der Waals surface area contributed by atoms with Crippen molar-refractivity contribution in [2.45, 2.75) is 167 Å². The topological polar surface area (TPSA) is 177 Å². The van der Waals surface area contributed by atoms with Crippen LogP contribution in [-0.2, 0) is 52.3 Å². The van der Waals surface area contributed by atoms with Crippen molar-refractivity contribution in [3.8, 4) is 0 Å². The van der Waals surface area contributed by atoms with Crippen LogP contribution < -0.4 is 0 Å². The Labute approximate surface area is 309 Å². The summed E-state index contributed by atoms with van der Waals surface area (Å²) < 4.78 is 43.3. The van der Waals surface area contributed by atoms with Gasteiger partial charge < -0.3 is 43.4 Å². The molecule has 0 spiro atoms. The lowest BCUT2D eigenvalue weighted by molar-refractivity contribution is -0.280. The maximum absolute atomic E-state index is 14.1. The van der Waals surface area contributed by atoms with E-state index in [4.69, 9.17) is 33.2 Å². The molecule has 0 aromatic heterocycles. The molecule has 3 aliphatic heterocycles. The van der Waals surface area contributed by atoms with Crippen LogP contribution in [0.15, 0.2) is 0 Å². The second-order valence-electron chi connectivity index (χ2n) is 16.2. The highest BCUT2D eigenvalue weighted by Crippen LogP contribution is 2.41. The molecule has 3 saturated heterocycles. The van der Waals surface area contributed by atoms with Crippen molar-refractivity contribution in [1.82, 2.24) is 4.90 Å². The number of methoxy groups -OCH3 is 2. The molecule has 3 heterocycles. The first kappa shape index (κ1) is 44.5. The van der Waals surface area contributed by atoms with Gasteiger partial charge >= 0.3 is 5.97 Å². The normalized spacial score (nSPS) is 46.2. The molecule has 0 aliphatic carbocycles. The summed E-state index contributed by atoms with van der Waals surface area (Å²) in [4.78, 5) is 56.8. The van der Waals surface area contributed by atoms with Gasteiger partial charge in [-0.25, -0.2) is 0 Å². The van der Waals surface area contributed by atoms with Crippen molar-refractivity contribution in [2.24, 2.45) is 23.7 Å². The largest absolute Gasteiger partial charge is 0.459 e. The van der Waals surface area contributed by atoms with Crippen molar-refractivity contribution >= 4 is 23.3 Å². The number of aliphatic hydroxyl groups excluding tert-OH is 1. The van der Waals surface area contributed by atoms with Gasteiger partial charge in [0.05, 0.1) is 42.0 Å². The molecule has 0 aromatic carbocycles. The summed E-state index contributed by atoms with van der Waals surface area (Å²) >= 11 is 0. The number of likely N-dealkylation sites (N-methyl/N-ethyl adjacent to an activating group) is 1. The van der Waals surface area contributed by atoms with Gasteiger partial charge in [0.2, 0.25) is 12.1 Å². The van der Waals surface area contributed by atoms with Crippen LogP contribution in [0.5, 0.6) is 0 Å². The first-order valence-corrected chi connectivity index (χ1v) is 18.6. The van der Waals surface area contributed by atoms with Crippen LogP contribution in [0.1, 0.15) is 94.9 Å². The Balaban J connectivity index is 2.23. The molecule has 300 valence electrons. The van der Waals surface area contributed by atoms with E-state index in [0.717, 1.165) is 0 Å². The lowest BCUT2D eigenvalue weighted by Crippen LogP contribution is -2.60. The molecule has 0 amide bonds. The number of carbonyl (C=O) groups is 4. The highest BCUT2D eigenvalue weighted by molar-refractivity contribution is 5.91. The van der Waals surface area contributed by atoms with Crippen LogP contribution in [0.2, 0.25) is 0 Å². The predicted octanol–water partition coefficient (Wildman–Crippen LogP) is 2.86. The number of carbonyl (C=O) groups excluding carboxylic acids is 4. The van der Waals surface area contributed by atoms with Crippen molar-refractivity contribution in [2.75, 3.05) is 28.3 Å². The van der Waals surface area contributed by atoms with Gasteiger partial charge in [-0.1, -0.05) is 27.7 Å². The number of esters is 1. The molecular formula is C38H65NO13. The van der Waals surface area contributed by atoms with Gasteiger partial charge in [-0.3, -0.25) is 24.1 Å². The van der Waals surface area contributed by atoms with E-state index in [1.54, 1.807) is 48.5 Å². The number of Topliss-reactive ketones (excluding diaryl/α,β-unsaturated/α-hetero) is 3. The molecular weight excluding hydrogens is 678 g/mol. The minimum Gasteiger partial charge on any atom is -0.459 e. The summed E-state index contributed by atoms with van der Waals surface area (Å²) in [6.07, 6.45) is -7.75. The smallest absolute Gasteiger partial charge is 0.311 e. The fraction of sp³-hybridized carbons (Fsp3) is 0.895. The molecule has 14 nitrogen and oxygen atoms in total. The Morgan fingerprint density at radius 2 is 1.48 bits per heavy atom. The Kier molecular flexibility index (Phi) is 14.8. The quantitative estimate of drug-likeness (QED) is 0.347. The van der Waals surface area contributed by atoms with E-state index in [2.05, 4.69) is 0 Å². The van der Waals surface area contributed by atoms with Crippen LogP contribution in [0.4, 0.5) is 0 Å². The Morgan fingerprint density at radius 3 is 2.02 bits per heavy atom. The zero-order valence-corrected chi connectivity index (χ0v) is 33.7. The van der Waals surface area contributed by atoms with Crippen molar-refractivity contribution < 1.29 is 62.5 Å². The van der Waals surface area contributed by atoms with Gasteiger partial charge in [-0.2, -0.15) is 0 Å². The van der Waals surface area contributed by atoms with E-state index >= 15 is 0 Å². The molecule has 3 fully saturated rings. The fourth-order valence-electron chi connectivity index (χ4n) is 8.26. The lowest BCUT2D eigenvalue weighted by atomic mass is 9.74. The molecule has 16 atom stereocenters. The van der Waals surface area contributed by atoms with E-state index in [1.807, 2.05) is 25.9 Å². The van der Waals surface area contributed by atoms with Crippen molar-refractivity contribution in [3.05, 3.63) is 0 Å². The van der Waals surface area contributed by atoms with Gasteiger partial charge in [0.15, 0.2) is 12.1 Å². The Bertz CT molecular complexity index is 1280. The Hall–Kier alpha value is -1.88. The van der Waals surface area contributed by atoms with E-state index in [9.17, 15) is 29.4 Å². The number of hydrogen-bond acceptors (Lipinski definition) is 14. The first-order valence-electron chi connectivity index (χ1n) is 18.6. The number of ketones is 3. The van der Waals surface area contributed by atoms with Gasteiger partial charge in [0.25, 0.3) is 0 Å². The maximum atomic E-state index is 14.1. The zero-order valence-electron chi connectivity index (χ0n) is 33.7. The van der Waals surface area contributed by atoms with Crippen LogP contribution in [-0.4, -0.2) is 139 Å². The second kappa shape index (κ2) is 17.3. The molecule has 16 unspecified atom stereocenters. The van der Waals surface area contributed by atoms with Gasteiger partial charge in [-0.05, 0) is 74.9 Å². The molecule has 0 aromatic rings. The minimum absolute atomic E-state index is 0.0128. The van der Waals surface area contributed by atoms with Gasteiger partial charge in [-0.15, -0.1) is 0 Å². The van der Waals surface area contributed by atoms with Crippen molar-refractivity contribution in [1.29, 1.82) is 0 Å². The summed E-state index contributed by atoms with van der Waals surface area (Å²) in [7, 11) is 6.53. The standard InChI is InChI=1S/C38H65NO13/c1-15-26-38(10,45)31(42)21(4)28(40)19(2)17-37(9,47-14)33(52-35-29(41)25(39(11)12)16-20(3)48-35)22(5)30(23(6)34(44)50-26)51-27-18-36(8,46-13)32(43)24(7)49-27/h19-27,30-31,33,35,42,45H,15-18H2,1-14H3. The molecule has 3 aliphatic rings. The van der Waals surface area contributed by atoms with Crippen LogP contribution in [0.25, 0.3) is 0 Å². The minimum atomic E-state index is -1.98. The Morgan fingerprint density at radius 1 is 0.865 bits per heavy atom. The number of nitrogens with zero attached hydrogens (tertiary/aromatic N) is 1. The number of hydrogen-bond donors (Lipinski definition) is 2. The summed E-state index contributed by atoms with van der Waals surface area (Å²) in [5.41, 5.74) is -4.52. The van der Waals surface area contributed by atoms with E-state index in [0.29, 0.717) is 6.42 Å². The third-order valence-corrected chi connectivity index (χ3v) is 11.9. The molecule has 0 saturated carbocycles. The average molecular weight is 744 g/mol. The van der Waals surface area contributed by atoms with Gasteiger partial charge in [0, 0.05) is 38.4 Å². The fourth-order valence-corrected chi connectivity index (χ4v) is 8.26. The van der Waals surface area contributed by atoms with Crippen LogP contribution in [0, 0.1) is 23.7 Å².